The van der Waals surface area contributed by atoms with E-state index in [0.29, 0.717) is 4.68 Å². The number of rotatable bonds is 11. The minimum atomic E-state index is -5.03. The molecule has 49 heavy (non-hydrogen) atoms. The topological polar surface area (TPSA) is 173 Å². The second-order valence-electron chi connectivity index (χ2n) is 10.2. The van der Waals surface area contributed by atoms with Crippen molar-refractivity contribution < 1.29 is 58.9 Å². The Kier molecular flexibility index (Phi) is 10.0. The lowest BCUT2D eigenvalue weighted by molar-refractivity contribution is -0.274. The van der Waals surface area contributed by atoms with Crippen LogP contribution in [0.4, 0.5) is 31.5 Å². The molecule has 0 unspecified atom stereocenters. The third-order valence-electron chi connectivity index (χ3n) is 6.93. The number of benzene rings is 2. The summed E-state index contributed by atoms with van der Waals surface area (Å²) >= 11 is 0.967. The number of piperazine rings is 1. The van der Waals surface area contributed by atoms with Gasteiger partial charge in [0, 0.05) is 26.2 Å². The van der Waals surface area contributed by atoms with Crippen LogP contribution in [0.5, 0.6) is 11.5 Å². The minimum absolute atomic E-state index is 0.0777. The predicted molar refractivity (Wildman–Crippen MR) is 157 cm³/mol. The van der Waals surface area contributed by atoms with Gasteiger partial charge in [0.1, 0.15) is 18.3 Å². The highest BCUT2D eigenvalue weighted by atomic mass is 32.2. The summed E-state index contributed by atoms with van der Waals surface area (Å²) in [5, 5.41) is 15.5. The number of carboxylic acid groups (broad SMARTS) is 1. The van der Waals surface area contributed by atoms with Crippen molar-refractivity contribution in [2.45, 2.75) is 37.0 Å². The van der Waals surface area contributed by atoms with E-state index in [2.05, 4.69) is 24.9 Å². The molecule has 0 aliphatic carbocycles. The molecular formula is C27H22F6N6O8S2. The van der Waals surface area contributed by atoms with Gasteiger partial charge in [0.25, 0.3) is 5.56 Å². The number of thiazole rings is 1. The molecule has 5 rings (SSSR count). The average Bonchev–Trinajstić information content (AvgIpc) is 3.47. The highest BCUT2D eigenvalue weighted by molar-refractivity contribution is 7.89. The van der Waals surface area contributed by atoms with Gasteiger partial charge in [-0.25, -0.2) is 22.5 Å². The molecule has 1 aliphatic heterocycles. The van der Waals surface area contributed by atoms with Gasteiger partial charge in [0.2, 0.25) is 15.9 Å². The van der Waals surface area contributed by atoms with Gasteiger partial charge < -0.3 is 24.8 Å². The van der Waals surface area contributed by atoms with Gasteiger partial charge in [0.15, 0.2) is 22.2 Å². The maximum absolute atomic E-state index is 14.3. The Hall–Kier alpha value is -4.96. The fraction of sp³-hybridized carbons (Fsp3) is 0.296. The zero-order valence-electron chi connectivity index (χ0n) is 24.4. The summed E-state index contributed by atoms with van der Waals surface area (Å²) in [6, 6.07) is 4.72. The molecular weight excluding hydrogens is 714 g/mol. The van der Waals surface area contributed by atoms with Crippen LogP contribution in [0.2, 0.25) is 0 Å². The van der Waals surface area contributed by atoms with Crippen LogP contribution in [-0.2, 0) is 32.7 Å². The van der Waals surface area contributed by atoms with Crippen LogP contribution in [-0.4, -0.2) is 83.1 Å². The van der Waals surface area contributed by atoms with Crippen molar-refractivity contribution in [1.29, 1.82) is 0 Å². The van der Waals surface area contributed by atoms with Gasteiger partial charge in [-0.05, 0) is 42.0 Å². The molecule has 262 valence electrons. The molecule has 0 saturated carbocycles. The van der Waals surface area contributed by atoms with Crippen molar-refractivity contribution in [3.05, 3.63) is 70.4 Å². The van der Waals surface area contributed by atoms with Gasteiger partial charge in [0.05, 0.1) is 15.8 Å². The zero-order chi connectivity index (χ0) is 35.7. The Balaban J connectivity index is 1.43. The second kappa shape index (κ2) is 13.9. The highest BCUT2D eigenvalue weighted by Gasteiger charge is 2.41. The fourth-order valence-corrected chi connectivity index (χ4v) is 7.30. The molecule has 2 aromatic heterocycles. The van der Waals surface area contributed by atoms with Gasteiger partial charge in [-0.2, -0.15) is 18.2 Å². The number of sulfonamides is 1. The second-order valence-corrected chi connectivity index (χ2v) is 13.1. The molecule has 1 saturated heterocycles. The van der Waals surface area contributed by atoms with Crippen molar-refractivity contribution >= 4 is 48.6 Å². The van der Waals surface area contributed by atoms with Gasteiger partial charge in [-0.3, -0.25) is 14.4 Å². The van der Waals surface area contributed by atoms with Crippen LogP contribution < -0.4 is 25.2 Å². The van der Waals surface area contributed by atoms with E-state index in [-0.39, 0.29) is 47.1 Å². The summed E-state index contributed by atoms with van der Waals surface area (Å²) in [6.45, 7) is -5.18. The number of fused-ring (bicyclic) bond motifs is 1. The number of halogens is 6. The molecule has 0 spiro atoms. The third-order valence-corrected chi connectivity index (χ3v) is 9.90. The minimum Gasteiger partial charge on any atom is -0.480 e. The first-order chi connectivity index (χ1) is 23.0. The summed E-state index contributed by atoms with van der Waals surface area (Å²) in [5.41, 5.74) is -0.811. The number of carbonyl (C=O) groups is 2. The van der Waals surface area contributed by atoms with Crippen molar-refractivity contribution in [2.24, 2.45) is 0 Å². The first-order valence-corrected chi connectivity index (χ1v) is 16.0. The number of amides is 1. The van der Waals surface area contributed by atoms with E-state index in [4.69, 9.17) is 5.11 Å². The molecule has 14 nitrogen and oxygen atoms in total. The van der Waals surface area contributed by atoms with E-state index in [0.717, 1.165) is 52.0 Å². The molecule has 1 aliphatic rings. The Bertz CT molecular complexity index is 2040. The van der Waals surface area contributed by atoms with Crippen LogP contribution >= 0.6 is 11.3 Å². The molecule has 2 N–H and O–H groups in total. The van der Waals surface area contributed by atoms with Crippen LogP contribution in [0.25, 0.3) is 10.2 Å². The number of nitrogens with zero attached hydrogens (tertiary/aromatic N) is 5. The number of anilines is 1. The largest absolute Gasteiger partial charge is 0.573 e. The van der Waals surface area contributed by atoms with Gasteiger partial charge in [-0.15, -0.1) is 13.2 Å². The summed E-state index contributed by atoms with van der Waals surface area (Å²) < 4.78 is 114. The van der Waals surface area contributed by atoms with Gasteiger partial charge in [-0.1, -0.05) is 17.4 Å². The van der Waals surface area contributed by atoms with Crippen molar-refractivity contribution in [2.75, 3.05) is 24.5 Å². The smallest absolute Gasteiger partial charge is 0.480 e. The highest BCUT2D eigenvalue weighted by Crippen LogP contribution is 2.31. The summed E-state index contributed by atoms with van der Waals surface area (Å²) in [5.74, 6) is -4.79. The SMILES string of the molecule is O=C(O)Cn1ncc2sc(N3CCN(S(=O)(=O)c4ccc(OC(F)(F)F)cc4)[C@@H](C(=O)NCc4ccc(OC(F)F)c(F)c4)C3)nc2c1=O. The van der Waals surface area contributed by atoms with Crippen molar-refractivity contribution in [1.82, 2.24) is 24.4 Å². The normalized spacial score (nSPS) is 15.8. The van der Waals surface area contributed by atoms with E-state index >= 15 is 0 Å². The molecule has 2 aromatic carbocycles. The van der Waals surface area contributed by atoms with E-state index in [9.17, 15) is 49.1 Å². The Morgan fingerprint density at radius 2 is 1.84 bits per heavy atom. The molecule has 3 heterocycles. The average molecular weight is 737 g/mol. The molecule has 1 fully saturated rings. The lowest BCUT2D eigenvalue weighted by Gasteiger charge is -2.39. The lowest BCUT2D eigenvalue weighted by Crippen LogP contribution is -2.60. The van der Waals surface area contributed by atoms with E-state index in [1.54, 1.807) is 0 Å². The quantitative estimate of drug-likeness (QED) is 0.217. The summed E-state index contributed by atoms with van der Waals surface area (Å²) in [7, 11) is -4.55. The number of aromatic nitrogens is 3. The molecule has 1 atom stereocenters. The first kappa shape index (κ1) is 35.3. The Labute approximate surface area is 275 Å². The Morgan fingerprint density at radius 1 is 1.12 bits per heavy atom. The lowest BCUT2D eigenvalue weighted by atomic mass is 10.1. The van der Waals surface area contributed by atoms with E-state index in [1.165, 1.54) is 17.2 Å². The first-order valence-electron chi connectivity index (χ1n) is 13.7. The number of aliphatic carboxylic acids is 1. The van der Waals surface area contributed by atoms with Crippen LogP contribution in [0.3, 0.4) is 0 Å². The number of hydrogen-bond acceptors (Lipinski definition) is 11. The predicted octanol–water partition coefficient (Wildman–Crippen LogP) is 2.77. The molecule has 4 aromatic rings. The maximum Gasteiger partial charge on any atom is 0.573 e. The number of carbonyl (C=O) groups excluding carboxylic acids is 1. The fourth-order valence-electron chi connectivity index (χ4n) is 4.78. The summed E-state index contributed by atoms with van der Waals surface area (Å²) in [4.78, 5) is 42.7. The van der Waals surface area contributed by atoms with Crippen molar-refractivity contribution in [3.8, 4) is 11.5 Å². The third kappa shape index (κ3) is 8.20. The number of alkyl halides is 5. The monoisotopic (exact) mass is 736 g/mol. The standard InChI is InChI=1S/C27H22F6N6O8S2/c28-17-9-14(1-6-19(17)46-25(29)30)10-34-23(42)18-12-37(26-36-22-20(48-26)11-35-38(24(22)43)13-21(40)41)7-8-39(18)49(44,45)16-4-2-15(3-5-16)47-27(31,32)33/h1-6,9,11,18,25H,7-8,10,12-13H2,(H,34,42)(H,40,41)/t18-/m1/s1. The number of nitrogens with one attached hydrogen (secondary N) is 1. The van der Waals surface area contributed by atoms with Crippen LogP contribution in [0.1, 0.15) is 5.56 Å². The van der Waals surface area contributed by atoms with E-state index in [1.807, 2.05) is 0 Å². The number of ether oxygens (including phenoxy) is 2. The maximum atomic E-state index is 14.3. The molecule has 22 heteroatoms. The van der Waals surface area contributed by atoms with Crippen LogP contribution in [0.15, 0.2) is 58.4 Å². The van der Waals surface area contributed by atoms with Crippen LogP contribution in [0, 0.1) is 5.82 Å². The molecule has 0 bridgehead atoms. The zero-order valence-corrected chi connectivity index (χ0v) is 26.1. The summed E-state index contributed by atoms with van der Waals surface area (Å²) in [6.07, 6.45) is -3.80. The number of hydrogen-bond donors (Lipinski definition) is 2. The van der Waals surface area contributed by atoms with Crippen molar-refractivity contribution in [3.63, 3.8) is 0 Å². The van der Waals surface area contributed by atoms with Gasteiger partial charge >= 0.3 is 18.9 Å². The number of carboxylic acids is 1. The Morgan fingerprint density at radius 3 is 2.47 bits per heavy atom. The molecule has 1 amide bonds. The molecule has 0 radical (unpaired) electrons. The van der Waals surface area contributed by atoms with E-state index < -0.39 is 75.2 Å².